The van der Waals surface area contributed by atoms with E-state index in [1.165, 1.54) is 52.0 Å². The first-order valence-corrected chi connectivity index (χ1v) is 13.1. The van der Waals surface area contributed by atoms with Gasteiger partial charge in [-0.05, 0) is 55.0 Å². The highest BCUT2D eigenvalue weighted by atomic mass is 32.2. The topological polar surface area (TPSA) is 71.7 Å². The van der Waals surface area contributed by atoms with Gasteiger partial charge in [0.15, 0.2) is 4.80 Å². The smallest absolute Gasteiger partial charge is 0.279 e. The fourth-order valence-electron chi connectivity index (χ4n) is 3.66. The van der Waals surface area contributed by atoms with Crippen LogP contribution in [0.2, 0.25) is 0 Å². The van der Waals surface area contributed by atoms with E-state index in [0.717, 1.165) is 11.1 Å². The second-order valence-electron chi connectivity index (χ2n) is 7.60. The van der Waals surface area contributed by atoms with E-state index >= 15 is 0 Å². The first-order chi connectivity index (χ1) is 16.3. The molecule has 0 radical (unpaired) electrons. The molecule has 0 N–H and O–H groups in total. The SMILES string of the molecule is CCN(Cc1ccccc1)S(=O)(=O)c1ccc(C(=O)N=c2sc3cc(F)ccc3n2CC)cc1. The predicted molar refractivity (Wildman–Crippen MR) is 131 cm³/mol. The van der Waals surface area contributed by atoms with Crippen molar-refractivity contribution in [2.24, 2.45) is 4.99 Å². The minimum atomic E-state index is -3.73. The van der Waals surface area contributed by atoms with Crippen molar-refractivity contribution in [1.82, 2.24) is 8.87 Å². The number of rotatable bonds is 7. The number of carbonyl (C=O) groups excluding carboxylic acids is 1. The standard InChI is InChI=1S/C25H24FN3O3S2/c1-3-28(17-18-8-6-5-7-9-18)34(31,32)21-13-10-19(11-14-21)24(30)27-25-29(4-2)22-15-12-20(26)16-23(22)33-25/h5-16H,3-4,17H2,1-2H3. The molecule has 0 saturated carbocycles. The molecule has 0 spiro atoms. The summed E-state index contributed by atoms with van der Waals surface area (Å²) in [6.07, 6.45) is 0. The van der Waals surface area contributed by atoms with E-state index in [9.17, 15) is 17.6 Å². The van der Waals surface area contributed by atoms with Crippen LogP contribution in [0.15, 0.2) is 82.7 Å². The zero-order valence-corrected chi connectivity index (χ0v) is 20.4. The van der Waals surface area contributed by atoms with E-state index in [0.29, 0.717) is 22.6 Å². The summed E-state index contributed by atoms with van der Waals surface area (Å²) in [5.41, 5.74) is 1.97. The highest BCUT2D eigenvalue weighted by Crippen LogP contribution is 2.21. The summed E-state index contributed by atoms with van der Waals surface area (Å²) in [5.74, 6) is -0.838. The average Bonchev–Trinajstić information content (AvgIpc) is 3.18. The fraction of sp³-hybridized carbons (Fsp3) is 0.200. The zero-order chi connectivity index (χ0) is 24.3. The number of aromatic nitrogens is 1. The van der Waals surface area contributed by atoms with Gasteiger partial charge in [0.2, 0.25) is 10.0 Å². The van der Waals surface area contributed by atoms with Gasteiger partial charge < -0.3 is 4.57 Å². The number of fused-ring (bicyclic) bond motifs is 1. The number of benzene rings is 3. The molecule has 1 heterocycles. The van der Waals surface area contributed by atoms with Gasteiger partial charge in [-0.1, -0.05) is 48.6 Å². The van der Waals surface area contributed by atoms with Crippen LogP contribution in [-0.4, -0.2) is 29.7 Å². The molecule has 0 aliphatic rings. The molecule has 4 aromatic rings. The lowest BCUT2D eigenvalue weighted by Crippen LogP contribution is -2.30. The van der Waals surface area contributed by atoms with Gasteiger partial charge in [-0.25, -0.2) is 12.8 Å². The third kappa shape index (κ3) is 4.86. The zero-order valence-electron chi connectivity index (χ0n) is 18.8. The Balaban J connectivity index is 1.61. The Hall–Kier alpha value is -3.14. The van der Waals surface area contributed by atoms with Crippen molar-refractivity contribution in [2.75, 3.05) is 6.54 Å². The van der Waals surface area contributed by atoms with E-state index in [1.54, 1.807) is 13.0 Å². The van der Waals surface area contributed by atoms with Crippen LogP contribution in [0.25, 0.3) is 10.2 Å². The molecule has 0 saturated heterocycles. The van der Waals surface area contributed by atoms with Gasteiger partial charge in [-0.2, -0.15) is 9.30 Å². The van der Waals surface area contributed by atoms with E-state index in [2.05, 4.69) is 4.99 Å². The number of carbonyl (C=O) groups is 1. The quantitative estimate of drug-likeness (QED) is 0.368. The Morgan fingerprint density at radius 3 is 2.38 bits per heavy atom. The number of aryl methyl sites for hydroxylation is 1. The van der Waals surface area contributed by atoms with E-state index in [1.807, 2.05) is 41.8 Å². The second kappa shape index (κ2) is 10.0. The van der Waals surface area contributed by atoms with Gasteiger partial charge in [0.05, 0.1) is 15.1 Å². The molecule has 34 heavy (non-hydrogen) atoms. The number of sulfonamides is 1. The Kier molecular flexibility index (Phi) is 7.06. The fourth-order valence-corrected chi connectivity index (χ4v) is 6.22. The van der Waals surface area contributed by atoms with Gasteiger partial charge in [0.25, 0.3) is 5.91 Å². The van der Waals surface area contributed by atoms with Crippen LogP contribution in [0.1, 0.15) is 29.8 Å². The molecule has 0 bridgehead atoms. The van der Waals surface area contributed by atoms with Crippen LogP contribution in [0.3, 0.4) is 0 Å². The maximum absolute atomic E-state index is 13.6. The van der Waals surface area contributed by atoms with Crippen LogP contribution in [0, 0.1) is 5.82 Å². The molecule has 0 aliphatic carbocycles. The van der Waals surface area contributed by atoms with Crippen LogP contribution in [0.4, 0.5) is 4.39 Å². The van der Waals surface area contributed by atoms with E-state index in [4.69, 9.17) is 0 Å². The van der Waals surface area contributed by atoms with Gasteiger partial charge >= 0.3 is 0 Å². The van der Waals surface area contributed by atoms with Crippen molar-refractivity contribution in [3.05, 3.63) is 94.5 Å². The number of hydrogen-bond acceptors (Lipinski definition) is 4. The highest BCUT2D eigenvalue weighted by molar-refractivity contribution is 7.89. The summed E-state index contributed by atoms with van der Waals surface area (Å²) in [6.45, 7) is 4.87. The number of hydrogen-bond donors (Lipinski definition) is 0. The highest BCUT2D eigenvalue weighted by Gasteiger charge is 2.23. The third-order valence-electron chi connectivity index (χ3n) is 5.45. The molecule has 1 amide bonds. The van der Waals surface area contributed by atoms with Crippen molar-refractivity contribution >= 4 is 37.5 Å². The number of amides is 1. The maximum atomic E-state index is 13.6. The monoisotopic (exact) mass is 497 g/mol. The van der Waals surface area contributed by atoms with Crippen LogP contribution in [0.5, 0.6) is 0 Å². The van der Waals surface area contributed by atoms with Gasteiger partial charge in [0.1, 0.15) is 5.82 Å². The van der Waals surface area contributed by atoms with Crippen molar-refractivity contribution in [2.45, 2.75) is 31.8 Å². The number of nitrogens with zero attached hydrogens (tertiary/aromatic N) is 3. The first-order valence-electron chi connectivity index (χ1n) is 10.9. The molecule has 9 heteroatoms. The third-order valence-corrected chi connectivity index (χ3v) is 8.43. The largest absolute Gasteiger partial charge is 0.317 e. The lowest BCUT2D eigenvalue weighted by atomic mass is 10.2. The molecule has 4 rings (SSSR count). The summed E-state index contributed by atoms with van der Waals surface area (Å²) >= 11 is 1.23. The molecular weight excluding hydrogens is 473 g/mol. The average molecular weight is 498 g/mol. The second-order valence-corrected chi connectivity index (χ2v) is 10.5. The van der Waals surface area contributed by atoms with Crippen molar-refractivity contribution in [3.63, 3.8) is 0 Å². The van der Waals surface area contributed by atoms with Crippen LogP contribution >= 0.6 is 11.3 Å². The number of halogens is 1. The Morgan fingerprint density at radius 1 is 1.03 bits per heavy atom. The lowest BCUT2D eigenvalue weighted by molar-refractivity contribution is 0.0997. The van der Waals surface area contributed by atoms with Crippen LogP contribution in [-0.2, 0) is 23.1 Å². The summed E-state index contributed by atoms with van der Waals surface area (Å²) in [5, 5.41) is 0. The molecule has 0 aliphatic heterocycles. The Bertz CT molecular complexity index is 1490. The maximum Gasteiger partial charge on any atom is 0.279 e. The summed E-state index contributed by atoms with van der Waals surface area (Å²) in [7, 11) is -3.73. The predicted octanol–water partition coefficient (Wildman–Crippen LogP) is 4.81. The van der Waals surface area contributed by atoms with Crippen molar-refractivity contribution in [3.8, 4) is 0 Å². The van der Waals surface area contributed by atoms with Gasteiger partial charge in [-0.3, -0.25) is 4.79 Å². The minimum absolute atomic E-state index is 0.114. The molecule has 0 fully saturated rings. The molecule has 176 valence electrons. The Morgan fingerprint density at radius 2 is 1.74 bits per heavy atom. The van der Waals surface area contributed by atoms with Crippen molar-refractivity contribution < 1.29 is 17.6 Å². The summed E-state index contributed by atoms with van der Waals surface area (Å²) in [4.78, 5) is 17.6. The molecule has 0 unspecified atom stereocenters. The van der Waals surface area contributed by atoms with Gasteiger partial charge in [0, 0.05) is 25.2 Å². The first kappa shape index (κ1) is 24.0. The normalized spacial score (nSPS) is 12.5. The van der Waals surface area contributed by atoms with Crippen molar-refractivity contribution in [1.29, 1.82) is 0 Å². The molecule has 1 aromatic heterocycles. The summed E-state index contributed by atoms with van der Waals surface area (Å²) < 4.78 is 43.8. The number of thiazole rings is 1. The van der Waals surface area contributed by atoms with E-state index in [-0.39, 0.29) is 22.8 Å². The minimum Gasteiger partial charge on any atom is -0.317 e. The summed E-state index contributed by atoms with van der Waals surface area (Å²) in [6, 6.07) is 19.7. The molecular formula is C25H24FN3O3S2. The van der Waals surface area contributed by atoms with Gasteiger partial charge in [-0.15, -0.1) is 0 Å². The van der Waals surface area contributed by atoms with Crippen LogP contribution < -0.4 is 4.80 Å². The lowest BCUT2D eigenvalue weighted by Gasteiger charge is -2.20. The molecule has 0 atom stereocenters. The molecule has 3 aromatic carbocycles. The molecule has 6 nitrogen and oxygen atoms in total. The Labute approximate surface area is 201 Å². The van der Waals surface area contributed by atoms with E-state index < -0.39 is 15.9 Å².